The molecule has 104 valence electrons. The minimum Gasteiger partial charge on any atom is -0.391 e. The van der Waals surface area contributed by atoms with Gasteiger partial charge in [-0.05, 0) is 44.1 Å². The van der Waals surface area contributed by atoms with Gasteiger partial charge in [-0.3, -0.25) is 4.98 Å². The van der Waals surface area contributed by atoms with E-state index in [0.717, 1.165) is 32.7 Å². The molecule has 1 saturated heterocycles. The van der Waals surface area contributed by atoms with E-state index in [4.69, 9.17) is 0 Å². The lowest BCUT2D eigenvalue weighted by atomic mass is 10.2. The van der Waals surface area contributed by atoms with Gasteiger partial charge < -0.3 is 15.5 Å². The number of pyridine rings is 1. The molecule has 0 unspecified atom stereocenters. The second-order valence-corrected chi connectivity index (χ2v) is 4.80. The number of anilines is 1. The second kappa shape index (κ2) is 8.53. The summed E-state index contributed by atoms with van der Waals surface area (Å²) in [6, 6.07) is 4.12. The van der Waals surface area contributed by atoms with Gasteiger partial charge in [-0.25, -0.2) is 0 Å². The number of hydrogen-bond donors (Lipinski definition) is 2. The van der Waals surface area contributed by atoms with Crippen LogP contribution in [-0.2, 0) is 0 Å². The summed E-state index contributed by atoms with van der Waals surface area (Å²) in [5.41, 5.74) is 1.24. The Morgan fingerprint density at radius 2 is 2.11 bits per heavy atom. The number of allylic oxidation sites excluding steroid dienone is 1. The van der Waals surface area contributed by atoms with Crippen LogP contribution in [0, 0.1) is 0 Å². The maximum atomic E-state index is 4.13. The first-order chi connectivity index (χ1) is 9.47. The molecular weight excluding hydrogens is 236 g/mol. The Hall–Kier alpha value is -1.55. The van der Waals surface area contributed by atoms with E-state index in [9.17, 15) is 0 Å². The van der Waals surface area contributed by atoms with Crippen molar-refractivity contribution < 1.29 is 0 Å². The number of rotatable bonds is 1. The first-order valence-corrected chi connectivity index (χ1v) is 7.21. The molecule has 1 aromatic rings. The van der Waals surface area contributed by atoms with Crippen LogP contribution in [0.5, 0.6) is 0 Å². The number of aromatic nitrogens is 1. The summed E-state index contributed by atoms with van der Waals surface area (Å²) in [6.45, 7) is 5.60. The molecule has 2 aliphatic rings. The maximum Gasteiger partial charge on any atom is 0.0553 e. The van der Waals surface area contributed by atoms with Crippen LogP contribution in [0.15, 0.2) is 36.8 Å². The molecule has 1 aromatic heterocycles. The average Bonchev–Trinajstić information content (AvgIpc) is 2.80. The van der Waals surface area contributed by atoms with Crippen molar-refractivity contribution in [3.8, 4) is 0 Å². The Morgan fingerprint density at radius 1 is 1.11 bits per heavy atom. The second-order valence-electron chi connectivity index (χ2n) is 4.80. The molecule has 1 fully saturated rings. The van der Waals surface area contributed by atoms with Gasteiger partial charge in [0.1, 0.15) is 0 Å². The molecule has 3 rings (SSSR count). The van der Waals surface area contributed by atoms with Gasteiger partial charge in [-0.1, -0.05) is 6.08 Å². The van der Waals surface area contributed by atoms with Crippen LogP contribution in [0.4, 0.5) is 5.69 Å². The van der Waals surface area contributed by atoms with Gasteiger partial charge in [0, 0.05) is 32.4 Å². The van der Waals surface area contributed by atoms with Crippen LogP contribution >= 0.6 is 0 Å². The van der Waals surface area contributed by atoms with Crippen LogP contribution in [0.2, 0.25) is 0 Å². The molecule has 0 spiro atoms. The normalized spacial score (nSPS) is 18.8. The largest absolute Gasteiger partial charge is 0.391 e. The van der Waals surface area contributed by atoms with Crippen molar-refractivity contribution in [3.63, 3.8) is 0 Å². The van der Waals surface area contributed by atoms with Gasteiger partial charge >= 0.3 is 0 Å². The summed E-state index contributed by atoms with van der Waals surface area (Å²) in [6.07, 6.45) is 11.7. The van der Waals surface area contributed by atoms with E-state index in [-0.39, 0.29) is 0 Å². The average molecular weight is 260 g/mol. The zero-order valence-electron chi connectivity index (χ0n) is 11.5. The third-order valence-electron chi connectivity index (χ3n) is 3.28. The molecule has 4 heteroatoms. The Morgan fingerprint density at radius 3 is 2.74 bits per heavy atom. The first-order valence-electron chi connectivity index (χ1n) is 7.21. The Bertz CT molecular complexity index is 348. The van der Waals surface area contributed by atoms with Crippen molar-refractivity contribution in [2.45, 2.75) is 19.3 Å². The monoisotopic (exact) mass is 260 g/mol. The molecule has 4 nitrogen and oxygen atoms in total. The lowest BCUT2D eigenvalue weighted by Gasteiger charge is -2.21. The van der Waals surface area contributed by atoms with Crippen molar-refractivity contribution >= 4 is 5.69 Å². The molecule has 2 N–H and O–H groups in total. The Balaban J connectivity index is 0.000000186. The van der Waals surface area contributed by atoms with Crippen molar-refractivity contribution in [3.05, 3.63) is 36.8 Å². The zero-order chi connectivity index (χ0) is 13.2. The summed E-state index contributed by atoms with van der Waals surface area (Å²) in [5, 5.41) is 6.49. The van der Waals surface area contributed by atoms with Gasteiger partial charge in [-0.2, -0.15) is 0 Å². The zero-order valence-corrected chi connectivity index (χ0v) is 11.5. The molecule has 19 heavy (non-hydrogen) atoms. The smallest absolute Gasteiger partial charge is 0.0553 e. The summed E-state index contributed by atoms with van der Waals surface area (Å²) < 4.78 is 0. The fourth-order valence-electron chi connectivity index (χ4n) is 2.22. The molecular formula is C15H24N4. The van der Waals surface area contributed by atoms with E-state index in [2.05, 4.69) is 32.7 Å². The standard InChI is InChI=1S/C10H15N3.C5H9N/c1-3-10(9-12-4-1)13-7-2-5-11-6-8-13;1-2-4-6-5-3-1/h1,3-4,9,11H,2,5-8H2;2,4,6H,1,3,5H2. The van der Waals surface area contributed by atoms with Crippen molar-refractivity contribution in [2.24, 2.45) is 0 Å². The van der Waals surface area contributed by atoms with Gasteiger partial charge in [0.2, 0.25) is 0 Å². The topological polar surface area (TPSA) is 40.2 Å². The van der Waals surface area contributed by atoms with E-state index in [1.54, 1.807) is 0 Å². The van der Waals surface area contributed by atoms with Crippen LogP contribution in [0.1, 0.15) is 19.3 Å². The molecule has 0 bridgehead atoms. The number of hydrogen-bond acceptors (Lipinski definition) is 4. The van der Waals surface area contributed by atoms with E-state index < -0.39 is 0 Å². The van der Waals surface area contributed by atoms with Gasteiger partial charge in [0.15, 0.2) is 0 Å². The lowest BCUT2D eigenvalue weighted by Crippen LogP contribution is -2.27. The van der Waals surface area contributed by atoms with Gasteiger partial charge in [0.25, 0.3) is 0 Å². The van der Waals surface area contributed by atoms with Crippen LogP contribution < -0.4 is 15.5 Å². The number of nitrogens with zero attached hydrogens (tertiary/aromatic N) is 2. The van der Waals surface area contributed by atoms with Crippen LogP contribution in [-0.4, -0.2) is 37.7 Å². The SMILES string of the molecule is C1=CNCCC1.c1cncc(N2CCCNCC2)c1. The van der Waals surface area contributed by atoms with Crippen LogP contribution in [0.3, 0.4) is 0 Å². The van der Waals surface area contributed by atoms with Gasteiger partial charge in [-0.15, -0.1) is 0 Å². The highest BCUT2D eigenvalue weighted by molar-refractivity contribution is 5.43. The van der Waals surface area contributed by atoms with E-state index in [1.165, 1.54) is 24.9 Å². The fourth-order valence-corrected chi connectivity index (χ4v) is 2.22. The maximum absolute atomic E-state index is 4.13. The van der Waals surface area contributed by atoms with E-state index in [0.29, 0.717) is 0 Å². The molecule has 3 heterocycles. The Kier molecular flexibility index (Phi) is 6.23. The van der Waals surface area contributed by atoms with Gasteiger partial charge in [0.05, 0.1) is 11.9 Å². The molecule has 0 aromatic carbocycles. The minimum absolute atomic E-state index is 1.08. The third-order valence-corrected chi connectivity index (χ3v) is 3.28. The quantitative estimate of drug-likeness (QED) is 0.807. The van der Waals surface area contributed by atoms with E-state index >= 15 is 0 Å². The first kappa shape index (κ1) is 13.9. The molecule has 0 atom stereocenters. The predicted octanol–water partition coefficient (Wildman–Crippen LogP) is 1.76. The molecule has 2 aliphatic heterocycles. The molecule has 0 radical (unpaired) electrons. The fraction of sp³-hybridized carbons (Fsp3) is 0.533. The third kappa shape index (κ3) is 5.30. The predicted molar refractivity (Wildman–Crippen MR) is 80.3 cm³/mol. The molecule has 0 amide bonds. The highest BCUT2D eigenvalue weighted by atomic mass is 15.2. The molecule has 0 aliphatic carbocycles. The van der Waals surface area contributed by atoms with Crippen LogP contribution in [0.25, 0.3) is 0 Å². The summed E-state index contributed by atoms with van der Waals surface area (Å²) in [4.78, 5) is 6.51. The Labute approximate surface area is 115 Å². The number of nitrogens with one attached hydrogen (secondary N) is 2. The van der Waals surface area contributed by atoms with Crippen molar-refractivity contribution in [2.75, 3.05) is 37.6 Å². The van der Waals surface area contributed by atoms with Crippen molar-refractivity contribution in [1.29, 1.82) is 0 Å². The minimum atomic E-state index is 1.08. The highest BCUT2D eigenvalue weighted by Gasteiger charge is 2.08. The molecule has 0 saturated carbocycles. The highest BCUT2D eigenvalue weighted by Crippen LogP contribution is 2.12. The van der Waals surface area contributed by atoms with Crippen molar-refractivity contribution in [1.82, 2.24) is 15.6 Å². The summed E-state index contributed by atoms with van der Waals surface area (Å²) >= 11 is 0. The lowest BCUT2D eigenvalue weighted by molar-refractivity contribution is 0.724. The summed E-state index contributed by atoms with van der Waals surface area (Å²) in [5.74, 6) is 0. The van der Waals surface area contributed by atoms with E-state index in [1.807, 2.05) is 24.7 Å². The summed E-state index contributed by atoms with van der Waals surface area (Å²) in [7, 11) is 0.